The Hall–Kier alpha value is -3.13. The van der Waals surface area contributed by atoms with Crippen LogP contribution in [0.5, 0.6) is 0 Å². The third-order valence-corrected chi connectivity index (χ3v) is 6.87. The Morgan fingerprint density at radius 3 is 2.43 bits per heavy atom. The average molecular weight is 425 g/mol. The lowest BCUT2D eigenvalue weighted by molar-refractivity contribution is 0.0995. The first-order valence-electron chi connectivity index (χ1n) is 10.0. The number of primary amides is 1. The number of amides is 1. The smallest absolute Gasteiger partial charge is 0.269 e. The fourth-order valence-corrected chi connectivity index (χ4v) is 4.93. The second-order valence-electron chi connectivity index (χ2n) is 7.57. The first-order valence-corrected chi connectivity index (χ1v) is 11.5. The van der Waals surface area contributed by atoms with Crippen LogP contribution in [-0.4, -0.2) is 24.1 Å². The fourth-order valence-electron chi connectivity index (χ4n) is 3.88. The van der Waals surface area contributed by atoms with Gasteiger partial charge in [0.15, 0.2) is 0 Å². The number of nitrogens with one attached hydrogen (secondary N) is 1. The van der Waals surface area contributed by atoms with Gasteiger partial charge < -0.3 is 5.73 Å². The van der Waals surface area contributed by atoms with Gasteiger partial charge in [0, 0.05) is 6.20 Å². The van der Waals surface area contributed by atoms with Crippen molar-refractivity contribution in [2.75, 3.05) is 4.72 Å². The molecular formula is C22H24N4O3S. The zero-order chi connectivity index (χ0) is 21.1. The summed E-state index contributed by atoms with van der Waals surface area (Å²) in [6, 6.07) is 15.5. The van der Waals surface area contributed by atoms with Crippen LogP contribution in [0.15, 0.2) is 65.7 Å². The van der Waals surface area contributed by atoms with Gasteiger partial charge in [-0.25, -0.2) is 13.1 Å². The number of nitrogens with two attached hydrogens (primary N) is 1. The number of hydrogen-bond acceptors (Lipinski definition) is 4. The van der Waals surface area contributed by atoms with Gasteiger partial charge in [-0.05, 0) is 60.7 Å². The Balaban J connectivity index is 1.52. The molecule has 0 unspecified atom stereocenters. The zero-order valence-corrected chi connectivity index (χ0v) is 17.3. The summed E-state index contributed by atoms with van der Waals surface area (Å²) in [6.07, 6.45) is 7.69. The number of hydrogen-bond donors (Lipinski definition) is 2. The second kappa shape index (κ2) is 8.31. The standard InChI is InChI=1S/C22H24N4O3S/c23-22(27)21-13-14-26(24-21)19-8-4-7-18(15-19)25-30(28,29)20-11-9-17(10-12-20)16-5-2-1-3-6-16/h4,7-16,25H,1-3,5-6H2,(H2,23,27). The van der Waals surface area contributed by atoms with Crippen molar-refractivity contribution in [1.29, 1.82) is 0 Å². The summed E-state index contributed by atoms with van der Waals surface area (Å²) in [5.41, 5.74) is 7.59. The van der Waals surface area contributed by atoms with E-state index in [0.29, 0.717) is 17.3 Å². The topological polar surface area (TPSA) is 107 Å². The van der Waals surface area contributed by atoms with E-state index in [1.54, 1.807) is 42.6 Å². The number of benzene rings is 2. The maximum Gasteiger partial charge on any atom is 0.269 e. The predicted octanol–water partition coefficient (Wildman–Crippen LogP) is 3.82. The van der Waals surface area contributed by atoms with Crippen LogP contribution in [-0.2, 0) is 10.0 Å². The van der Waals surface area contributed by atoms with Crippen LogP contribution in [0.4, 0.5) is 5.69 Å². The zero-order valence-electron chi connectivity index (χ0n) is 16.5. The third-order valence-electron chi connectivity index (χ3n) is 5.47. The van der Waals surface area contributed by atoms with Gasteiger partial charge >= 0.3 is 0 Å². The van der Waals surface area contributed by atoms with E-state index in [1.807, 2.05) is 12.1 Å². The number of carbonyl (C=O) groups excluding carboxylic acids is 1. The number of anilines is 1. The van der Waals surface area contributed by atoms with Gasteiger partial charge in [0.05, 0.1) is 16.3 Å². The van der Waals surface area contributed by atoms with Gasteiger partial charge in [0.25, 0.3) is 15.9 Å². The molecule has 0 radical (unpaired) electrons. The van der Waals surface area contributed by atoms with Gasteiger partial charge in [0.1, 0.15) is 5.69 Å². The SMILES string of the molecule is NC(=O)c1ccn(-c2cccc(NS(=O)(=O)c3ccc(C4CCCCC4)cc3)c2)n1. The molecule has 1 heterocycles. The van der Waals surface area contributed by atoms with E-state index in [1.165, 1.54) is 48.4 Å². The molecule has 8 heteroatoms. The lowest BCUT2D eigenvalue weighted by Gasteiger charge is -2.22. The summed E-state index contributed by atoms with van der Waals surface area (Å²) in [5.74, 6) is -0.0956. The first-order chi connectivity index (χ1) is 14.4. The summed E-state index contributed by atoms with van der Waals surface area (Å²) in [7, 11) is -3.72. The monoisotopic (exact) mass is 424 g/mol. The maximum atomic E-state index is 12.8. The molecule has 3 aromatic rings. The third kappa shape index (κ3) is 4.38. The van der Waals surface area contributed by atoms with E-state index in [9.17, 15) is 13.2 Å². The molecule has 1 amide bonds. The lowest BCUT2D eigenvalue weighted by atomic mass is 9.84. The minimum atomic E-state index is -3.72. The van der Waals surface area contributed by atoms with E-state index in [-0.39, 0.29) is 10.6 Å². The van der Waals surface area contributed by atoms with Crippen LogP contribution in [0.3, 0.4) is 0 Å². The molecule has 0 atom stereocenters. The molecule has 2 aromatic carbocycles. The summed E-state index contributed by atoms with van der Waals surface area (Å²) < 4.78 is 29.8. The van der Waals surface area contributed by atoms with Crippen LogP contribution in [0.2, 0.25) is 0 Å². The number of carbonyl (C=O) groups is 1. The molecule has 30 heavy (non-hydrogen) atoms. The molecular weight excluding hydrogens is 400 g/mol. The number of aromatic nitrogens is 2. The number of nitrogens with zero attached hydrogens (tertiary/aromatic N) is 2. The molecule has 0 spiro atoms. The van der Waals surface area contributed by atoms with Gasteiger partial charge in [-0.3, -0.25) is 9.52 Å². The van der Waals surface area contributed by atoms with Gasteiger partial charge in [-0.1, -0.05) is 37.5 Å². The molecule has 1 fully saturated rings. The molecule has 1 aromatic heterocycles. The van der Waals surface area contributed by atoms with E-state index < -0.39 is 15.9 Å². The van der Waals surface area contributed by atoms with Crippen molar-refractivity contribution in [1.82, 2.24) is 9.78 Å². The van der Waals surface area contributed by atoms with E-state index >= 15 is 0 Å². The van der Waals surface area contributed by atoms with Crippen molar-refractivity contribution in [2.45, 2.75) is 42.9 Å². The Kier molecular flexibility index (Phi) is 5.59. The second-order valence-corrected chi connectivity index (χ2v) is 9.25. The maximum absolute atomic E-state index is 12.8. The van der Waals surface area contributed by atoms with Crippen molar-refractivity contribution < 1.29 is 13.2 Å². The normalized spacial score (nSPS) is 15.1. The van der Waals surface area contributed by atoms with E-state index in [2.05, 4.69) is 9.82 Å². The Morgan fingerprint density at radius 2 is 1.77 bits per heavy atom. The van der Waals surface area contributed by atoms with Crippen LogP contribution in [0, 0.1) is 0 Å². The van der Waals surface area contributed by atoms with Crippen molar-refractivity contribution in [3.63, 3.8) is 0 Å². The minimum Gasteiger partial charge on any atom is -0.364 e. The Bertz CT molecular complexity index is 1150. The molecule has 1 saturated carbocycles. The van der Waals surface area contributed by atoms with Gasteiger partial charge in [0.2, 0.25) is 0 Å². The molecule has 0 bridgehead atoms. The summed E-state index contributed by atoms with van der Waals surface area (Å²) in [5, 5.41) is 4.09. The lowest BCUT2D eigenvalue weighted by Crippen LogP contribution is -2.14. The quantitative estimate of drug-likeness (QED) is 0.627. The van der Waals surface area contributed by atoms with Gasteiger partial charge in [-0.15, -0.1) is 0 Å². The molecule has 7 nitrogen and oxygen atoms in total. The van der Waals surface area contributed by atoms with Gasteiger partial charge in [-0.2, -0.15) is 5.10 Å². The molecule has 3 N–H and O–H groups in total. The molecule has 4 rings (SSSR count). The number of rotatable bonds is 6. The molecule has 1 aliphatic carbocycles. The van der Waals surface area contributed by atoms with Crippen molar-refractivity contribution >= 4 is 21.6 Å². The summed E-state index contributed by atoms with van der Waals surface area (Å²) in [4.78, 5) is 11.5. The predicted molar refractivity (Wildman–Crippen MR) is 115 cm³/mol. The van der Waals surface area contributed by atoms with E-state index in [4.69, 9.17) is 5.73 Å². The Morgan fingerprint density at radius 1 is 1.03 bits per heavy atom. The number of sulfonamides is 1. The largest absolute Gasteiger partial charge is 0.364 e. The molecule has 0 saturated heterocycles. The van der Waals surface area contributed by atoms with Crippen molar-refractivity contribution in [3.8, 4) is 5.69 Å². The highest BCUT2D eigenvalue weighted by atomic mass is 32.2. The van der Waals surface area contributed by atoms with Crippen LogP contribution in [0.25, 0.3) is 5.69 Å². The van der Waals surface area contributed by atoms with Crippen LogP contribution >= 0.6 is 0 Å². The average Bonchev–Trinajstić information content (AvgIpc) is 3.25. The highest BCUT2D eigenvalue weighted by Crippen LogP contribution is 2.33. The first kappa shape index (κ1) is 20.2. The molecule has 156 valence electrons. The Labute approximate surface area is 176 Å². The summed E-state index contributed by atoms with van der Waals surface area (Å²) in [6.45, 7) is 0. The molecule has 0 aliphatic heterocycles. The fraction of sp³-hybridized carbons (Fsp3) is 0.273. The summed E-state index contributed by atoms with van der Waals surface area (Å²) >= 11 is 0. The highest BCUT2D eigenvalue weighted by molar-refractivity contribution is 7.92. The van der Waals surface area contributed by atoms with Crippen LogP contribution in [0.1, 0.15) is 54.1 Å². The van der Waals surface area contributed by atoms with Crippen molar-refractivity contribution in [2.24, 2.45) is 5.73 Å². The highest BCUT2D eigenvalue weighted by Gasteiger charge is 2.18. The molecule has 1 aliphatic rings. The van der Waals surface area contributed by atoms with E-state index in [0.717, 1.165) is 0 Å². The minimum absolute atomic E-state index is 0.138. The van der Waals surface area contributed by atoms with Crippen LogP contribution < -0.4 is 10.5 Å². The van der Waals surface area contributed by atoms with Crippen molar-refractivity contribution in [3.05, 3.63) is 72.1 Å².